The minimum atomic E-state index is 0.501. The standard InChI is InChI=1S/C10H15ClN2/c1-10(3-2-4-10)7-13-8-12-6-9(13)5-11/h6,8H,2-5,7H2,1H3. The van der Waals surface area contributed by atoms with Gasteiger partial charge in [0.05, 0.1) is 17.9 Å². The molecule has 0 amide bonds. The zero-order valence-electron chi connectivity index (χ0n) is 7.96. The van der Waals surface area contributed by atoms with E-state index in [-0.39, 0.29) is 0 Å². The molecule has 0 aromatic carbocycles. The number of aromatic nitrogens is 2. The van der Waals surface area contributed by atoms with E-state index in [1.165, 1.54) is 19.3 Å². The Balaban J connectivity index is 2.08. The molecule has 72 valence electrons. The molecule has 2 rings (SSSR count). The first-order chi connectivity index (χ1) is 6.23. The molecule has 0 unspecified atom stereocenters. The first-order valence-corrected chi connectivity index (χ1v) is 5.32. The van der Waals surface area contributed by atoms with E-state index >= 15 is 0 Å². The summed E-state index contributed by atoms with van der Waals surface area (Å²) in [6.07, 6.45) is 7.80. The molecule has 1 aliphatic carbocycles. The van der Waals surface area contributed by atoms with Crippen LogP contribution in [0.5, 0.6) is 0 Å². The van der Waals surface area contributed by atoms with E-state index < -0.39 is 0 Å². The van der Waals surface area contributed by atoms with Crippen LogP contribution in [0.2, 0.25) is 0 Å². The first kappa shape index (κ1) is 9.07. The summed E-state index contributed by atoms with van der Waals surface area (Å²) in [4.78, 5) is 4.11. The molecule has 1 fully saturated rings. The molecule has 2 nitrogen and oxygen atoms in total. The third kappa shape index (κ3) is 1.73. The van der Waals surface area contributed by atoms with Gasteiger partial charge < -0.3 is 4.57 Å². The van der Waals surface area contributed by atoms with Crippen molar-refractivity contribution in [2.24, 2.45) is 5.41 Å². The zero-order chi connectivity index (χ0) is 9.31. The third-order valence-corrected chi connectivity index (χ3v) is 3.32. The van der Waals surface area contributed by atoms with Crippen LogP contribution in [0.1, 0.15) is 31.9 Å². The molecule has 1 aromatic rings. The Morgan fingerprint density at radius 1 is 1.62 bits per heavy atom. The zero-order valence-corrected chi connectivity index (χ0v) is 8.72. The SMILES string of the molecule is CC1(Cn2cncc2CCl)CCC1. The van der Waals surface area contributed by atoms with Crippen LogP contribution in [0.15, 0.2) is 12.5 Å². The molecule has 0 saturated heterocycles. The summed E-state index contributed by atoms with van der Waals surface area (Å²) in [5.74, 6) is 0.566. The van der Waals surface area contributed by atoms with Crippen LogP contribution in [0.4, 0.5) is 0 Å². The average Bonchev–Trinajstić information content (AvgIpc) is 2.49. The fourth-order valence-corrected chi connectivity index (χ4v) is 2.17. The van der Waals surface area contributed by atoms with Crippen LogP contribution < -0.4 is 0 Å². The maximum Gasteiger partial charge on any atom is 0.0948 e. The van der Waals surface area contributed by atoms with Crippen LogP contribution in [-0.4, -0.2) is 9.55 Å². The van der Waals surface area contributed by atoms with Crippen molar-refractivity contribution in [3.8, 4) is 0 Å². The second-order valence-corrected chi connectivity index (χ2v) is 4.58. The largest absolute Gasteiger partial charge is 0.333 e. The van der Waals surface area contributed by atoms with Gasteiger partial charge in [0, 0.05) is 12.7 Å². The quantitative estimate of drug-likeness (QED) is 0.683. The Bertz CT molecular complexity index is 289. The van der Waals surface area contributed by atoms with E-state index in [0.717, 1.165) is 12.2 Å². The molecule has 1 heterocycles. The molecule has 13 heavy (non-hydrogen) atoms. The van der Waals surface area contributed by atoms with Crippen molar-refractivity contribution in [1.82, 2.24) is 9.55 Å². The smallest absolute Gasteiger partial charge is 0.0948 e. The van der Waals surface area contributed by atoms with Crippen LogP contribution in [0.25, 0.3) is 0 Å². The number of hydrogen-bond acceptors (Lipinski definition) is 1. The van der Waals surface area contributed by atoms with Gasteiger partial charge in [0.15, 0.2) is 0 Å². The normalized spacial score (nSPS) is 19.8. The van der Waals surface area contributed by atoms with Crippen molar-refractivity contribution in [2.75, 3.05) is 0 Å². The lowest BCUT2D eigenvalue weighted by molar-refractivity contribution is 0.131. The highest BCUT2D eigenvalue weighted by Crippen LogP contribution is 2.41. The third-order valence-electron chi connectivity index (χ3n) is 3.05. The summed E-state index contributed by atoms with van der Waals surface area (Å²) in [6.45, 7) is 3.42. The van der Waals surface area contributed by atoms with Crippen molar-refractivity contribution < 1.29 is 0 Å². The maximum atomic E-state index is 5.80. The molecule has 0 aliphatic heterocycles. The fraction of sp³-hybridized carbons (Fsp3) is 0.700. The van der Waals surface area contributed by atoms with Gasteiger partial charge in [0.1, 0.15) is 0 Å². The summed E-state index contributed by atoms with van der Waals surface area (Å²) >= 11 is 5.80. The lowest BCUT2D eigenvalue weighted by atomic mass is 9.70. The van der Waals surface area contributed by atoms with Gasteiger partial charge in [0.25, 0.3) is 0 Å². The average molecular weight is 199 g/mol. The predicted molar refractivity (Wildman–Crippen MR) is 53.7 cm³/mol. The Hall–Kier alpha value is -0.500. The molecule has 0 atom stereocenters. The highest BCUT2D eigenvalue weighted by molar-refractivity contribution is 6.16. The molecule has 0 bridgehead atoms. The second-order valence-electron chi connectivity index (χ2n) is 4.31. The minimum absolute atomic E-state index is 0.501. The summed E-state index contributed by atoms with van der Waals surface area (Å²) < 4.78 is 2.19. The lowest BCUT2D eigenvalue weighted by Gasteiger charge is -2.38. The summed E-state index contributed by atoms with van der Waals surface area (Å²) in [7, 11) is 0. The lowest BCUT2D eigenvalue weighted by Crippen LogP contribution is -2.30. The predicted octanol–water partition coefficient (Wildman–Crippen LogP) is 2.81. The van der Waals surface area contributed by atoms with Gasteiger partial charge in [0.2, 0.25) is 0 Å². The van der Waals surface area contributed by atoms with Gasteiger partial charge in [-0.15, -0.1) is 11.6 Å². The summed E-state index contributed by atoms with van der Waals surface area (Å²) in [6, 6.07) is 0. The van der Waals surface area contributed by atoms with Crippen molar-refractivity contribution in [1.29, 1.82) is 0 Å². The number of hydrogen-bond donors (Lipinski definition) is 0. The number of imidazole rings is 1. The molecule has 1 aliphatic rings. The fourth-order valence-electron chi connectivity index (χ4n) is 1.95. The van der Waals surface area contributed by atoms with Gasteiger partial charge in [-0.3, -0.25) is 0 Å². The van der Waals surface area contributed by atoms with Crippen LogP contribution in [-0.2, 0) is 12.4 Å². The minimum Gasteiger partial charge on any atom is -0.333 e. The topological polar surface area (TPSA) is 17.8 Å². The van der Waals surface area contributed by atoms with Gasteiger partial charge in [-0.2, -0.15) is 0 Å². The molecule has 0 radical (unpaired) electrons. The van der Waals surface area contributed by atoms with Crippen molar-refractivity contribution >= 4 is 11.6 Å². The molecular weight excluding hydrogens is 184 g/mol. The Kier molecular flexibility index (Phi) is 2.33. The van der Waals surface area contributed by atoms with Gasteiger partial charge in [-0.1, -0.05) is 13.3 Å². The van der Waals surface area contributed by atoms with E-state index in [0.29, 0.717) is 11.3 Å². The summed E-state index contributed by atoms with van der Waals surface area (Å²) in [5.41, 5.74) is 1.64. The van der Waals surface area contributed by atoms with Crippen LogP contribution in [0.3, 0.4) is 0 Å². The van der Waals surface area contributed by atoms with Crippen LogP contribution >= 0.6 is 11.6 Å². The van der Waals surface area contributed by atoms with Gasteiger partial charge in [-0.25, -0.2) is 4.98 Å². The van der Waals surface area contributed by atoms with E-state index in [4.69, 9.17) is 11.6 Å². The van der Waals surface area contributed by atoms with E-state index in [1.807, 2.05) is 12.5 Å². The Labute approximate surface area is 83.9 Å². The molecule has 3 heteroatoms. The summed E-state index contributed by atoms with van der Waals surface area (Å²) in [5, 5.41) is 0. The Morgan fingerprint density at radius 3 is 2.92 bits per heavy atom. The van der Waals surface area contributed by atoms with Crippen LogP contribution in [0, 0.1) is 5.41 Å². The molecule has 0 spiro atoms. The molecule has 1 aromatic heterocycles. The highest BCUT2D eigenvalue weighted by atomic mass is 35.5. The molecule has 1 saturated carbocycles. The first-order valence-electron chi connectivity index (χ1n) is 4.78. The molecular formula is C10H15ClN2. The van der Waals surface area contributed by atoms with E-state index in [2.05, 4.69) is 16.5 Å². The van der Waals surface area contributed by atoms with Gasteiger partial charge >= 0.3 is 0 Å². The van der Waals surface area contributed by atoms with Crippen molar-refractivity contribution in [2.45, 2.75) is 38.6 Å². The molecule has 0 N–H and O–H groups in total. The van der Waals surface area contributed by atoms with Crippen molar-refractivity contribution in [3.05, 3.63) is 18.2 Å². The van der Waals surface area contributed by atoms with Gasteiger partial charge in [-0.05, 0) is 18.3 Å². The second kappa shape index (κ2) is 3.33. The number of rotatable bonds is 3. The van der Waals surface area contributed by atoms with E-state index in [9.17, 15) is 0 Å². The van der Waals surface area contributed by atoms with E-state index in [1.54, 1.807) is 0 Å². The monoisotopic (exact) mass is 198 g/mol. The maximum absolute atomic E-state index is 5.80. The number of nitrogens with zero attached hydrogens (tertiary/aromatic N) is 2. The Morgan fingerprint density at radius 2 is 2.38 bits per heavy atom. The number of alkyl halides is 1. The van der Waals surface area contributed by atoms with Crippen molar-refractivity contribution in [3.63, 3.8) is 0 Å². The highest BCUT2D eigenvalue weighted by Gasteiger charge is 2.32. The number of halogens is 1.